The second-order valence-corrected chi connectivity index (χ2v) is 9.56. The van der Waals surface area contributed by atoms with Crippen LogP contribution in [0, 0.1) is 5.92 Å². The fourth-order valence-corrected chi connectivity index (χ4v) is 6.20. The first kappa shape index (κ1) is 19.8. The van der Waals surface area contributed by atoms with E-state index in [4.69, 9.17) is 9.47 Å². The second kappa shape index (κ2) is 7.36. The first-order chi connectivity index (χ1) is 15.6. The molecule has 0 saturated carbocycles. The number of aryl methyl sites for hydroxylation is 1. The molecular weight excluding hydrogens is 426 g/mol. The van der Waals surface area contributed by atoms with E-state index < -0.39 is 0 Å². The summed E-state index contributed by atoms with van der Waals surface area (Å²) in [5.41, 5.74) is 2.71. The van der Waals surface area contributed by atoms with Crippen LogP contribution in [0.15, 0.2) is 18.6 Å². The van der Waals surface area contributed by atoms with Gasteiger partial charge in [0.15, 0.2) is 5.65 Å². The number of nitrogens with one attached hydrogen (secondary N) is 2. The van der Waals surface area contributed by atoms with Crippen LogP contribution in [0.4, 0.5) is 11.5 Å². The zero-order valence-electron chi connectivity index (χ0n) is 18.3. The van der Waals surface area contributed by atoms with Crippen molar-refractivity contribution in [2.24, 2.45) is 5.92 Å². The summed E-state index contributed by atoms with van der Waals surface area (Å²) in [6.07, 6.45) is 6.49. The van der Waals surface area contributed by atoms with Crippen LogP contribution in [0.2, 0.25) is 0 Å². The predicted octanol–water partition coefficient (Wildman–Crippen LogP) is 3.50. The average molecular weight is 452 g/mol. The number of hydrogen-bond acceptors (Lipinski definition) is 9. The number of fused-ring (bicyclic) bond motifs is 4. The highest BCUT2D eigenvalue weighted by Gasteiger charge is 2.55. The zero-order chi connectivity index (χ0) is 21.9. The Morgan fingerprint density at radius 3 is 3.06 bits per heavy atom. The van der Waals surface area contributed by atoms with Gasteiger partial charge in [0, 0.05) is 16.2 Å². The van der Waals surface area contributed by atoms with E-state index >= 15 is 0 Å². The van der Waals surface area contributed by atoms with Gasteiger partial charge in [0.25, 0.3) is 0 Å². The van der Waals surface area contributed by atoms with Crippen LogP contribution in [0.3, 0.4) is 0 Å². The first-order valence-electron chi connectivity index (χ1n) is 10.9. The Labute approximate surface area is 189 Å². The summed E-state index contributed by atoms with van der Waals surface area (Å²) in [7, 11) is 3.78. The first-order valence-corrected chi connectivity index (χ1v) is 11.7. The van der Waals surface area contributed by atoms with Crippen molar-refractivity contribution in [1.82, 2.24) is 30.0 Å². The summed E-state index contributed by atoms with van der Waals surface area (Å²) in [6, 6.07) is 1.97. The number of anilines is 2. The Morgan fingerprint density at radius 2 is 2.28 bits per heavy atom. The van der Waals surface area contributed by atoms with Crippen molar-refractivity contribution >= 4 is 44.1 Å². The maximum Gasteiger partial charge on any atom is 0.239 e. The summed E-state index contributed by atoms with van der Waals surface area (Å²) in [6.45, 7) is 4.01. The molecule has 1 saturated heterocycles. The molecule has 1 fully saturated rings. The van der Waals surface area contributed by atoms with E-state index in [2.05, 4.69) is 49.3 Å². The van der Waals surface area contributed by atoms with Gasteiger partial charge in [-0.2, -0.15) is 10.1 Å². The largest absolute Gasteiger partial charge is 0.479 e. The Balaban J connectivity index is 1.37. The highest BCUT2D eigenvalue weighted by molar-refractivity contribution is 7.19. The number of likely N-dealkylation sites (N-methyl/N-ethyl adjacent to an activating group) is 1. The number of aromatic nitrogens is 5. The molecular formula is C22H25N7O2S. The summed E-state index contributed by atoms with van der Waals surface area (Å²) in [5, 5.41) is 12.4. The number of epoxide rings is 1. The van der Waals surface area contributed by atoms with Crippen LogP contribution >= 0.6 is 11.3 Å². The van der Waals surface area contributed by atoms with Gasteiger partial charge in [0.2, 0.25) is 5.88 Å². The highest BCUT2D eigenvalue weighted by Crippen LogP contribution is 2.48. The topological polar surface area (TPSA) is 104 Å². The third kappa shape index (κ3) is 2.97. The van der Waals surface area contributed by atoms with E-state index in [0.717, 1.165) is 59.5 Å². The molecule has 2 N–H and O–H groups in total. The molecule has 1 unspecified atom stereocenters. The number of nitrogens with zero attached hydrogens (tertiary/aromatic N) is 5. The molecule has 1 aliphatic heterocycles. The normalized spacial score (nSPS) is 22.4. The number of hydrogen-bond donors (Lipinski definition) is 2. The fourth-order valence-electron chi connectivity index (χ4n) is 4.93. The number of methoxy groups -OCH3 is 1. The predicted molar refractivity (Wildman–Crippen MR) is 124 cm³/mol. The van der Waals surface area contributed by atoms with Crippen molar-refractivity contribution < 1.29 is 9.47 Å². The van der Waals surface area contributed by atoms with Crippen molar-refractivity contribution in [3.63, 3.8) is 0 Å². The molecule has 2 aliphatic rings. The molecule has 32 heavy (non-hydrogen) atoms. The maximum atomic E-state index is 6.00. The van der Waals surface area contributed by atoms with E-state index in [1.165, 1.54) is 10.4 Å². The number of pyridine rings is 1. The molecule has 166 valence electrons. The summed E-state index contributed by atoms with van der Waals surface area (Å²) in [5.74, 6) is 1.79. The van der Waals surface area contributed by atoms with Crippen molar-refractivity contribution in [3.05, 3.63) is 29.0 Å². The molecule has 2 atom stereocenters. The zero-order valence-corrected chi connectivity index (χ0v) is 19.1. The van der Waals surface area contributed by atoms with Gasteiger partial charge in [0.05, 0.1) is 25.3 Å². The molecule has 0 amide bonds. The van der Waals surface area contributed by atoms with Crippen molar-refractivity contribution in [2.75, 3.05) is 32.6 Å². The number of rotatable bonds is 6. The molecule has 6 rings (SSSR count). The summed E-state index contributed by atoms with van der Waals surface area (Å²) >= 11 is 1.78. The number of H-pyrrole nitrogens is 1. The Bertz CT molecular complexity index is 1310. The molecule has 4 aromatic heterocycles. The molecule has 4 aromatic rings. The van der Waals surface area contributed by atoms with Crippen molar-refractivity contribution in [1.29, 1.82) is 0 Å². The van der Waals surface area contributed by atoms with Crippen molar-refractivity contribution in [3.8, 4) is 5.88 Å². The van der Waals surface area contributed by atoms with Gasteiger partial charge >= 0.3 is 0 Å². The minimum atomic E-state index is -0.0889. The lowest BCUT2D eigenvalue weighted by Crippen LogP contribution is -2.43. The SMILES string of the molecule is CCN(C)C1([C@H]2CCc3c(sc4ncnc(Nc5cc6cn[nH]c6nc5OC)c34)C2)CO1. The van der Waals surface area contributed by atoms with Gasteiger partial charge in [-0.1, -0.05) is 6.92 Å². The van der Waals surface area contributed by atoms with Gasteiger partial charge in [-0.3, -0.25) is 10.00 Å². The van der Waals surface area contributed by atoms with E-state index in [0.29, 0.717) is 17.4 Å². The standard InChI is InChI=1S/C22H25N7O2S/c1-4-29(2)22(10-31-22)13-5-6-14-16(8-13)32-21-17(14)19(23-11-24-21)26-15-7-12-9-25-28-18(12)27-20(15)30-3/h7,9,11,13H,4-6,8,10H2,1-3H3,(H,23,24,26)(H,25,27,28)/t13-,22?/m0/s1. The quantitative estimate of drug-likeness (QED) is 0.429. The van der Waals surface area contributed by atoms with E-state index in [-0.39, 0.29) is 5.72 Å². The van der Waals surface area contributed by atoms with E-state index in [1.54, 1.807) is 31.0 Å². The molecule has 10 heteroatoms. The van der Waals surface area contributed by atoms with Gasteiger partial charge in [-0.05, 0) is 44.5 Å². The molecule has 0 spiro atoms. The Morgan fingerprint density at radius 1 is 1.41 bits per heavy atom. The Hall–Kier alpha value is -2.82. The third-order valence-corrected chi connectivity index (χ3v) is 8.04. The lowest BCUT2D eigenvalue weighted by molar-refractivity contribution is 0.0455. The molecule has 0 aromatic carbocycles. The lowest BCUT2D eigenvalue weighted by Gasteiger charge is -2.33. The average Bonchev–Trinajstić information content (AvgIpc) is 3.35. The van der Waals surface area contributed by atoms with Gasteiger partial charge < -0.3 is 14.8 Å². The van der Waals surface area contributed by atoms with Gasteiger partial charge in [-0.15, -0.1) is 11.3 Å². The van der Waals surface area contributed by atoms with E-state index in [1.807, 2.05) is 6.07 Å². The van der Waals surface area contributed by atoms with Crippen LogP contribution in [0.25, 0.3) is 21.3 Å². The van der Waals surface area contributed by atoms with Crippen LogP contribution in [-0.4, -0.2) is 63.1 Å². The number of aromatic amines is 1. The van der Waals surface area contributed by atoms with Crippen LogP contribution in [-0.2, 0) is 17.6 Å². The van der Waals surface area contributed by atoms with Crippen molar-refractivity contribution in [2.45, 2.75) is 31.9 Å². The summed E-state index contributed by atoms with van der Waals surface area (Å²) < 4.78 is 11.5. The molecule has 9 nitrogen and oxygen atoms in total. The second-order valence-electron chi connectivity index (χ2n) is 8.47. The molecule has 0 radical (unpaired) electrons. The van der Waals surface area contributed by atoms with E-state index in [9.17, 15) is 0 Å². The Kier molecular flexibility index (Phi) is 4.56. The molecule has 5 heterocycles. The van der Waals surface area contributed by atoms with Crippen LogP contribution in [0.1, 0.15) is 23.8 Å². The maximum absolute atomic E-state index is 6.00. The highest BCUT2D eigenvalue weighted by atomic mass is 32.1. The smallest absolute Gasteiger partial charge is 0.239 e. The number of ether oxygens (including phenoxy) is 2. The molecule has 1 aliphatic carbocycles. The molecule has 0 bridgehead atoms. The fraction of sp³-hybridized carbons (Fsp3) is 0.455. The summed E-state index contributed by atoms with van der Waals surface area (Å²) in [4.78, 5) is 18.5. The monoisotopic (exact) mass is 451 g/mol. The third-order valence-electron chi connectivity index (χ3n) is 6.88. The van der Waals surface area contributed by atoms with Gasteiger partial charge in [0.1, 0.15) is 28.4 Å². The number of thiophene rings is 1. The van der Waals surface area contributed by atoms with Crippen LogP contribution in [0.5, 0.6) is 5.88 Å². The minimum absolute atomic E-state index is 0.0889. The lowest BCUT2D eigenvalue weighted by atomic mass is 9.82. The van der Waals surface area contributed by atoms with Crippen LogP contribution < -0.4 is 10.1 Å². The van der Waals surface area contributed by atoms with Gasteiger partial charge in [-0.25, -0.2) is 9.97 Å². The minimum Gasteiger partial charge on any atom is -0.479 e.